The number of rotatable bonds is 4. The molecule has 0 aliphatic heterocycles. The molecule has 0 bridgehead atoms. The van der Waals surface area contributed by atoms with Gasteiger partial charge in [0.25, 0.3) is 0 Å². The maximum Gasteiger partial charge on any atom is 0.130 e. The van der Waals surface area contributed by atoms with Crippen LogP contribution in [0.15, 0.2) is 30.3 Å². The van der Waals surface area contributed by atoms with Gasteiger partial charge in [-0.25, -0.2) is 4.68 Å². The molecule has 0 spiro atoms. The second-order valence-electron chi connectivity index (χ2n) is 4.83. The summed E-state index contributed by atoms with van der Waals surface area (Å²) in [6.45, 7) is 6.47. The number of anilines is 1. The van der Waals surface area contributed by atoms with E-state index in [0.717, 1.165) is 29.2 Å². The van der Waals surface area contributed by atoms with Gasteiger partial charge in [-0.05, 0) is 25.5 Å². The molecule has 2 aromatic rings. The molecule has 1 aromatic heterocycles. The van der Waals surface area contributed by atoms with E-state index in [4.69, 9.17) is 5.73 Å². The van der Waals surface area contributed by atoms with Crippen molar-refractivity contribution in [2.75, 3.05) is 5.73 Å². The van der Waals surface area contributed by atoms with E-state index in [0.29, 0.717) is 5.92 Å². The van der Waals surface area contributed by atoms with Gasteiger partial charge in [-0.1, -0.05) is 38.5 Å². The topological polar surface area (TPSA) is 43.8 Å². The van der Waals surface area contributed by atoms with E-state index in [1.54, 1.807) is 0 Å². The van der Waals surface area contributed by atoms with Crippen molar-refractivity contribution in [2.45, 2.75) is 39.5 Å². The number of aromatic nitrogens is 2. The first kappa shape index (κ1) is 12.7. The third-order valence-electron chi connectivity index (χ3n) is 3.39. The highest BCUT2D eigenvalue weighted by atomic mass is 15.3. The largest absolute Gasteiger partial charge is 0.383 e. The van der Waals surface area contributed by atoms with Crippen LogP contribution in [0.4, 0.5) is 5.82 Å². The van der Waals surface area contributed by atoms with Gasteiger partial charge < -0.3 is 5.73 Å². The van der Waals surface area contributed by atoms with Crippen LogP contribution in [0.5, 0.6) is 0 Å². The van der Waals surface area contributed by atoms with Gasteiger partial charge in [0.2, 0.25) is 0 Å². The Morgan fingerprint density at radius 3 is 2.56 bits per heavy atom. The van der Waals surface area contributed by atoms with Crippen LogP contribution in [0.2, 0.25) is 0 Å². The van der Waals surface area contributed by atoms with Crippen molar-refractivity contribution in [1.82, 2.24) is 9.78 Å². The number of hydrogen-bond donors (Lipinski definition) is 1. The molecule has 0 amide bonds. The number of benzene rings is 1. The Hall–Kier alpha value is -1.77. The average molecular weight is 243 g/mol. The second kappa shape index (κ2) is 5.25. The van der Waals surface area contributed by atoms with Crippen LogP contribution in [0, 0.1) is 6.92 Å². The summed E-state index contributed by atoms with van der Waals surface area (Å²) in [7, 11) is 0. The average Bonchev–Trinajstić information content (AvgIpc) is 2.68. The van der Waals surface area contributed by atoms with E-state index in [2.05, 4.69) is 25.9 Å². The summed E-state index contributed by atoms with van der Waals surface area (Å²) >= 11 is 0. The maximum absolute atomic E-state index is 6.17. The highest BCUT2D eigenvalue weighted by Gasteiger charge is 2.17. The minimum Gasteiger partial charge on any atom is -0.383 e. The minimum absolute atomic E-state index is 0.460. The van der Waals surface area contributed by atoms with Crippen LogP contribution >= 0.6 is 0 Å². The first-order valence-electron chi connectivity index (χ1n) is 6.55. The fourth-order valence-corrected chi connectivity index (χ4v) is 2.33. The molecule has 0 fully saturated rings. The van der Waals surface area contributed by atoms with Crippen molar-refractivity contribution in [1.29, 1.82) is 0 Å². The van der Waals surface area contributed by atoms with E-state index in [9.17, 15) is 0 Å². The van der Waals surface area contributed by atoms with Crippen molar-refractivity contribution in [3.05, 3.63) is 41.6 Å². The fraction of sp³-hybridized carbons (Fsp3) is 0.400. The smallest absolute Gasteiger partial charge is 0.130 e. The summed E-state index contributed by atoms with van der Waals surface area (Å²) < 4.78 is 1.84. The van der Waals surface area contributed by atoms with E-state index in [1.165, 1.54) is 6.42 Å². The molecule has 3 nitrogen and oxygen atoms in total. The van der Waals surface area contributed by atoms with Gasteiger partial charge in [-0.3, -0.25) is 0 Å². The van der Waals surface area contributed by atoms with Crippen LogP contribution in [0.3, 0.4) is 0 Å². The Bertz CT molecular complexity index is 514. The van der Waals surface area contributed by atoms with Crippen molar-refractivity contribution in [2.24, 2.45) is 0 Å². The Morgan fingerprint density at radius 2 is 1.94 bits per heavy atom. The van der Waals surface area contributed by atoms with Crippen molar-refractivity contribution in [3.8, 4) is 5.69 Å². The van der Waals surface area contributed by atoms with Crippen molar-refractivity contribution in [3.63, 3.8) is 0 Å². The lowest BCUT2D eigenvalue weighted by atomic mass is 9.99. The van der Waals surface area contributed by atoms with Crippen LogP contribution in [0.1, 0.15) is 43.9 Å². The Morgan fingerprint density at radius 1 is 1.28 bits per heavy atom. The lowest BCUT2D eigenvalue weighted by Gasteiger charge is -2.07. The van der Waals surface area contributed by atoms with Crippen molar-refractivity contribution < 1.29 is 0 Å². The molecule has 18 heavy (non-hydrogen) atoms. The first-order valence-corrected chi connectivity index (χ1v) is 6.55. The van der Waals surface area contributed by atoms with Crippen molar-refractivity contribution >= 4 is 5.82 Å². The molecule has 2 N–H and O–H groups in total. The lowest BCUT2D eigenvalue weighted by Crippen LogP contribution is -2.02. The van der Waals surface area contributed by atoms with Gasteiger partial charge in [0.05, 0.1) is 11.4 Å². The summed E-state index contributed by atoms with van der Waals surface area (Å²) in [6.07, 6.45) is 2.31. The molecule has 0 saturated carbocycles. The van der Waals surface area contributed by atoms with Gasteiger partial charge >= 0.3 is 0 Å². The summed E-state index contributed by atoms with van der Waals surface area (Å²) in [5.74, 6) is 1.21. The second-order valence-corrected chi connectivity index (χ2v) is 4.83. The van der Waals surface area contributed by atoms with Gasteiger partial charge in [-0.2, -0.15) is 5.10 Å². The summed E-state index contributed by atoms with van der Waals surface area (Å²) in [5, 5.41) is 4.69. The van der Waals surface area contributed by atoms with Crippen LogP contribution < -0.4 is 5.73 Å². The molecule has 0 aliphatic rings. The summed E-state index contributed by atoms with van der Waals surface area (Å²) in [4.78, 5) is 0. The quantitative estimate of drug-likeness (QED) is 0.890. The van der Waals surface area contributed by atoms with Gasteiger partial charge in [0, 0.05) is 11.5 Å². The number of nitrogens with two attached hydrogens (primary N) is 1. The van der Waals surface area contributed by atoms with Crippen LogP contribution in [0.25, 0.3) is 5.69 Å². The van der Waals surface area contributed by atoms with E-state index < -0.39 is 0 Å². The SMILES string of the molecule is CCCC(C)c1nn(-c2ccccc2)c(N)c1C. The number of hydrogen-bond acceptors (Lipinski definition) is 2. The first-order chi connectivity index (χ1) is 8.65. The Balaban J connectivity index is 2.43. The zero-order chi connectivity index (χ0) is 13.1. The highest BCUT2D eigenvalue weighted by molar-refractivity contribution is 5.50. The Labute approximate surface area is 109 Å². The molecule has 0 saturated heterocycles. The zero-order valence-electron chi connectivity index (χ0n) is 11.4. The van der Waals surface area contributed by atoms with Crippen LogP contribution in [-0.2, 0) is 0 Å². The molecule has 0 radical (unpaired) electrons. The molecule has 1 atom stereocenters. The molecule has 1 heterocycles. The third kappa shape index (κ3) is 2.26. The summed E-state index contributed by atoms with van der Waals surface area (Å²) in [6, 6.07) is 10.0. The molecule has 0 aliphatic carbocycles. The number of para-hydroxylation sites is 1. The molecule has 1 aromatic carbocycles. The molecular weight excluding hydrogens is 222 g/mol. The molecule has 1 unspecified atom stereocenters. The monoisotopic (exact) mass is 243 g/mol. The molecular formula is C15H21N3. The Kier molecular flexibility index (Phi) is 3.70. The normalized spacial score (nSPS) is 12.6. The van der Waals surface area contributed by atoms with Crippen LogP contribution in [-0.4, -0.2) is 9.78 Å². The van der Waals surface area contributed by atoms with Gasteiger partial charge in [-0.15, -0.1) is 0 Å². The third-order valence-corrected chi connectivity index (χ3v) is 3.39. The molecule has 2 rings (SSSR count). The van der Waals surface area contributed by atoms with E-state index >= 15 is 0 Å². The number of nitrogen functional groups attached to an aromatic ring is 1. The molecule has 3 heteroatoms. The number of nitrogens with zero attached hydrogens (tertiary/aromatic N) is 2. The summed E-state index contributed by atoms with van der Waals surface area (Å²) in [5.41, 5.74) is 9.43. The standard InChI is InChI=1S/C15H21N3/c1-4-8-11(2)14-12(3)15(16)18(17-14)13-9-6-5-7-10-13/h5-7,9-11H,4,8,16H2,1-3H3. The minimum atomic E-state index is 0.460. The van der Waals surface area contributed by atoms with E-state index in [-0.39, 0.29) is 0 Å². The van der Waals surface area contributed by atoms with Gasteiger partial charge in [0.1, 0.15) is 5.82 Å². The fourth-order valence-electron chi connectivity index (χ4n) is 2.33. The predicted molar refractivity (Wildman–Crippen MR) is 76.0 cm³/mol. The highest BCUT2D eigenvalue weighted by Crippen LogP contribution is 2.28. The van der Waals surface area contributed by atoms with E-state index in [1.807, 2.05) is 35.0 Å². The predicted octanol–water partition coefficient (Wildman–Crippen LogP) is 3.67. The van der Waals surface area contributed by atoms with Gasteiger partial charge in [0.15, 0.2) is 0 Å². The lowest BCUT2D eigenvalue weighted by molar-refractivity contribution is 0.634. The maximum atomic E-state index is 6.17. The molecule has 96 valence electrons. The zero-order valence-corrected chi connectivity index (χ0v) is 11.4.